The number of hydrogen-bond donors (Lipinski definition) is 4. The first-order valence-electron chi connectivity index (χ1n) is 15.2. The number of amidine groups is 1. The highest BCUT2D eigenvalue weighted by Crippen LogP contribution is 2.64. The molecule has 1 aromatic rings. The zero-order valence-corrected chi connectivity index (χ0v) is 24.6. The maximum atomic E-state index is 12.3. The highest BCUT2D eigenvalue weighted by atomic mass is 16.5. The second-order valence-corrected chi connectivity index (χ2v) is 12.1. The van der Waals surface area contributed by atoms with Crippen LogP contribution in [0.3, 0.4) is 0 Å². The van der Waals surface area contributed by atoms with E-state index in [-0.39, 0.29) is 23.5 Å². The molecule has 1 aromatic heterocycles. The number of rotatable bonds is 7. The summed E-state index contributed by atoms with van der Waals surface area (Å²) in [7, 11) is 1.61. The SMILES string of the molecule is CC.CN1C(=O)C(CC2CCCCC2)N(CC2COC2)C1=O.N=C(N)c1c(O)n(CC2CCC23CC3)c(=O)[nH]c1=O. The van der Waals surface area contributed by atoms with Gasteiger partial charge in [0, 0.05) is 26.1 Å². The normalized spacial score (nSPS) is 25.0. The van der Waals surface area contributed by atoms with Crippen LogP contribution in [0.5, 0.6) is 5.88 Å². The van der Waals surface area contributed by atoms with E-state index in [2.05, 4.69) is 4.98 Å². The third-order valence-electron chi connectivity index (χ3n) is 9.56. The van der Waals surface area contributed by atoms with Gasteiger partial charge in [0.15, 0.2) is 0 Å². The molecule has 12 nitrogen and oxygen atoms in total. The number of hydrogen-bond acceptors (Lipinski definition) is 7. The van der Waals surface area contributed by atoms with Crippen LogP contribution in [0.4, 0.5) is 4.79 Å². The zero-order valence-electron chi connectivity index (χ0n) is 24.6. The Morgan fingerprint density at radius 3 is 2.20 bits per heavy atom. The number of nitrogens with zero attached hydrogens (tertiary/aromatic N) is 3. The molecule has 0 bridgehead atoms. The number of nitrogens with two attached hydrogens (primary N) is 1. The molecule has 0 aromatic carbocycles. The molecule has 5 N–H and O–H groups in total. The quantitative estimate of drug-likeness (QED) is 0.220. The van der Waals surface area contributed by atoms with Crippen LogP contribution >= 0.6 is 0 Å². The monoisotopic (exact) mass is 574 g/mol. The van der Waals surface area contributed by atoms with E-state index in [4.69, 9.17) is 15.9 Å². The molecule has 5 aliphatic rings. The van der Waals surface area contributed by atoms with Crippen molar-refractivity contribution < 1.29 is 19.4 Å². The number of aromatic amines is 1. The van der Waals surface area contributed by atoms with Crippen molar-refractivity contribution in [2.45, 2.75) is 90.6 Å². The van der Waals surface area contributed by atoms with Crippen LogP contribution in [0.2, 0.25) is 0 Å². The van der Waals surface area contributed by atoms with Crippen molar-refractivity contribution in [3.8, 4) is 5.88 Å². The number of aromatic nitrogens is 2. The van der Waals surface area contributed by atoms with E-state index < -0.39 is 23.0 Å². The van der Waals surface area contributed by atoms with Gasteiger partial charge < -0.3 is 20.5 Å². The maximum absolute atomic E-state index is 12.3. The molecular weight excluding hydrogens is 528 g/mol. The molecule has 228 valence electrons. The molecule has 5 fully saturated rings. The first kappa shape index (κ1) is 30.8. The standard InChI is InChI=1S/C15H24N2O3.C12H16N4O3.C2H6/c1-16-14(18)13(7-11-5-3-2-4-6-11)17(15(16)19)8-12-9-20-10-12;13-8(14)7-9(17)15-11(19)16(10(7)18)5-6-1-2-12(6)3-4-12;1-2/h11-13H,2-10H2,1H3;6,18H,1-5H2,(H3,13,14)(H,15,17,19);1-2H3. The summed E-state index contributed by atoms with van der Waals surface area (Å²) in [5.74, 6) is 0.332. The maximum Gasteiger partial charge on any atom is 0.331 e. The lowest BCUT2D eigenvalue weighted by molar-refractivity contribution is -0.128. The predicted molar refractivity (Wildman–Crippen MR) is 154 cm³/mol. The van der Waals surface area contributed by atoms with Gasteiger partial charge in [-0.25, -0.2) is 9.59 Å². The van der Waals surface area contributed by atoms with E-state index >= 15 is 0 Å². The number of carbonyl (C=O) groups is 2. The van der Waals surface area contributed by atoms with Crippen LogP contribution in [0.25, 0.3) is 0 Å². The fraction of sp³-hybridized carbons (Fsp3) is 0.759. The van der Waals surface area contributed by atoms with Gasteiger partial charge in [-0.2, -0.15) is 0 Å². The van der Waals surface area contributed by atoms with Crippen molar-refractivity contribution in [1.29, 1.82) is 5.41 Å². The summed E-state index contributed by atoms with van der Waals surface area (Å²) < 4.78 is 6.31. The summed E-state index contributed by atoms with van der Waals surface area (Å²) in [5, 5.41) is 17.3. The minimum absolute atomic E-state index is 0.0131. The number of urea groups is 1. The summed E-state index contributed by atoms with van der Waals surface area (Å²) in [6.07, 6.45) is 11.7. The van der Waals surface area contributed by atoms with Crippen molar-refractivity contribution >= 4 is 17.8 Å². The van der Waals surface area contributed by atoms with Gasteiger partial charge in [-0.15, -0.1) is 0 Å². The van der Waals surface area contributed by atoms with Crippen LogP contribution < -0.4 is 17.0 Å². The molecule has 3 heterocycles. The van der Waals surface area contributed by atoms with Crippen LogP contribution in [-0.4, -0.2) is 75.1 Å². The van der Waals surface area contributed by atoms with Gasteiger partial charge in [-0.1, -0.05) is 46.0 Å². The molecule has 41 heavy (non-hydrogen) atoms. The van der Waals surface area contributed by atoms with Crippen molar-refractivity contribution in [2.24, 2.45) is 28.9 Å². The molecule has 3 saturated carbocycles. The average Bonchev–Trinajstić information content (AvgIpc) is 3.72. The molecule has 2 saturated heterocycles. The number of amides is 3. The second-order valence-electron chi connectivity index (χ2n) is 12.1. The number of imide groups is 1. The Kier molecular flexibility index (Phi) is 9.61. The Morgan fingerprint density at radius 2 is 1.68 bits per heavy atom. The number of nitrogens with one attached hydrogen (secondary N) is 2. The van der Waals surface area contributed by atoms with Crippen molar-refractivity contribution in [3.63, 3.8) is 0 Å². The highest BCUT2D eigenvalue weighted by molar-refractivity contribution is 6.03. The summed E-state index contributed by atoms with van der Waals surface area (Å²) in [6, 6.07) is -0.348. The van der Waals surface area contributed by atoms with Crippen molar-refractivity contribution in [3.05, 3.63) is 26.4 Å². The lowest BCUT2D eigenvalue weighted by Crippen LogP contribution is -2.45. The number of H-pyrrole nitrogens is 1. The summed E-state index contributed by atoms with van der Waals surface area (Å²) >= 11 is 0. The van der Waals surface area contributed by atoms with E-state index in [1.54, 1.807) is 11.9 Å². The Labute approximate surface area is 240 Å². The zero-order chi connectivity index (χ0) is 29.9. The Morgan fingerprint density at radius 1 is 1.02 bits per heavy atom. The van der Waals surface area contributed by atoms with Gasteiger partial charge >= 0.3 is 11.7 Å². The predicted octanol–water partition coefficient (Wildman–Crippen LogP) is 2.61. The lowest BCUT2D eigenvalue weighted by atomic mass is 9.70. The Bertz CT molecular complexity index is 1240. The third kappa shape index (κ3) is 6.37. The number of likely N-dealkylation sites (N-methyl/N-ethyl adjacent to an activating group) is 1. The summed E-state index contributed by atoms with van der Waals surface area (Å²) in [4.78, 5) is 53.0. The van der Waals surface area contributed by atoms with E-state index in [1.807, 2.05) is 13.8 Å². The molecule has 2 aliphatic heterocycles. The Balaban J connectivity index is 0.000000178. The van der Waals surface area contributed by atoms with Gasteiger partial charge in [0.2, 0.25) is 5.88 Å². The summed E-state index contributed by atoms with van der Waals surface area (Å²) in [5.41, 5.74) is 3.83. The third-order valence-corrected chi connectivity index (χ3v) is 9.56. The first-order chi connectivity index (χ1) is 19.6. The smallest absolute Gasteiger partial charge is 0.331 e. The van der Waals surface area contributed by atoms with Gasteiger partial charge in [-0.05, 0) is 49.4 Å². The topological polar surface area (TPSA) is 175 Å². The fourth-order valence-corrected chi connectivity index (χ4v) is 6.67. The van der Waals surface area contributed by atoms with E-state index in [9.17, 15) is 24.3 Å². The molecule has 6 rings (SSSR count). The molecule has 3 amide bonds. The molecule has 0 radical (unpaired) electrons. The molecular formula is C29H46N6O6. The largest absolute Gasteiger partial charge is 0.494 e. The molecule has 1 spiro atoms. The first-order valence-corrected chi connectivity index (χ1v) is 15.2. The van der Waals surface area contributed by atoms with Crippen molar-refractivity contribution in [2.75, 3.05) is 26.8 Å². The average molecular weight is 575 g/mol. The number of ether oxygens (including phenoxy) is 1. The number of aromatic hydroxyl groups is 1. The van der Waals surface area contributed by atoms with E-state index in [1.165, 1.54) is 56.3 Å². The number of carbonyl (C=O) groups excluding carboxylic acids is 2. The minimum atomic E-state index is -0.819. The lowest BCUT2D eigenvalue weighted by Gasteiger charge is -2.37. The minimum Gasteiger partial charge on any atom is -0.494 e. The van der Waals surface area contributed by atoms with Gasteiger partial charge in [0.25, 0.3) is 11.5 Å². The van der Waals surface area contributed by atoms with Crippen LogP contribution in [0.1, 0.15) is 83.6 Å². The highest BCUT2D eigenvalue weighted by Gasteiger charge is 2.55. The van der Waals surface area contributed by atoms with Gasteiger partial charge in [-0.3, -0.25) is 29.4 Å². The van der Waals surface area contributed by atoms with Crippen LogP contribution in [-0.2, 0) is 16.1 Å². The van der Waals surface area contributed by atoms with Crippen LogP contribution in [0.15, 0.2) is 9.59 Å². The summed E-state index contributed by atoms with van der Waals surface area (Å²) in [6.45, 7) is 6.49. The Hall–Kier alpha value is -3.15. The van der Waals surface area contributed by atoms with Crippen molar-refractivity contribution in [1.82, 2.24) is 19.4 Å². The molecule has 2 atom stereocenters. The van der Waals surface area contributed by atoms with E-state index in [0.29, 0.717) is 36.3 Å². The van der Waals surface area contributed by atoms with E-state index in [0.717, 1.165) is 30.6 Å². The fourth-order valence-electron chi connectivity index (χ4n) is 6.67. The molecule has 3 aliphatic carbocycles. The van der Waals surface area contributed by atoms with Gasteiger partial charge in [0.1, 0.15) is 17.4 Å². The number of nitrogen functional groups attached to an aromatic ring is 1. The second kappa shape index (κ2) is 12.8. The molecule has 2 unspecified atom stereocenters. The van der Waals surface area contributed by atoms with Gasteiger partial charge in [0.05, 0.1) is 13.2 Å². The van der Waals surface area contributed by atoms with Crippen LogP contribution in [0, 0.1) is 28.6 Å². The molecule has 12 heteroatoms.